The molecule has 1 aromatic heterocycles. The zero-order valence-corrected chi connectivity index (χ0v) is 12.9. The van der Waals surface area contributed by atoms with E-state index < -0.39 is 0 Å². The molecule has 21 heavy (non-hydrogen) atoms. The van der Waals surface area contributed by atoms with Crippen LogP contribution in [-0.2, 0) is 6.61 Å². The summed E-state index contributed by atoms with van der Waals surface area (Å²) in [5, 5.41) is 3.08. The number of hydrogen-bond acceptors (Lipinski definition) is 3. The summed E-state index contributed by atoms with van der Waals surface area (Å²) in [5.41, 5.74) is 1.83. The highest BCUT2D eigenvalue weighted by Crippen LogP contribution is 2.23. The van der Waals surface area contributed by atoms with E-state index in [4.69, 9.17) is 4.74 Å². The van der Waals surface area contributed by atoms with Crippen molar-refractivity contribution in [3.8, 4) is 5.75 Å². The summed E-state index contributed by atoms with van der Waals surface area (Å²) < 4.78 is 21.7. The van der Waals surface area contributed by atoms with Gasteiger partial charge in [-0.3, -0.25) is 0 Å². The molecule has 1 unspecified atom stereocenters. The largest absolute Gasteiger partial charge is 0.484 e. The van der Waals surface area contributed by atoms with E-state index in [1.54, 1.807) is 18.6 Å². The van der Waals surface area contributed by atoms with E-state index >= 15 is 0 Å². The van der Waals surface area contributed by atoms with Crippen LogP contribution in [0.25, 0.3) is 0 Å². The first-order valence-electron chi connectivity index (χ1n) is 7.13. The Labute approximate surface area is 125 Å². The molecule has 5 heteroatoms. The number of nitrogens with zero attached hydrogens (tertiary/aromatic N) is 2. The molecular weight excluding hydrogens is 269 g/mol. The molecule has 1 heterocycles. The van der Waals surface area contributed by atoms with Gasteiger partial charge < -0.3 is 14.6 Å². The number of hydrogen-bond donors (Lipinski definition) is 1. The van der Waals surface area contributed by atoms with Crippen molar-refractivity contribution >= 4 is 0 Å². The van der Waals surface area contributed by atoms with Crippen LogP contribution in [0.3, 0.4) is 0 Å². The molecule has 1 aromatic carbocycles. The summed E-state index contributed by atoms with van der Waals surface area (Å²) in [4.78, 5) is 4.11. The van der Waals surface area contributed by atoms with Gasteiger partial charge >= 0.3 is 0 Å². The van der Waals surface area contributed by atoms with Gasteiger partial charge in [0.1, 0.15) is 6.61 Å². The number of nitrogens with one attached hydrogen (secondary N) is 1. The van der Waals surface area contributed by atoms with Gasteiger partial charge in [0.15, 0.2) is 11.6 Å². The SMILES string of the molecule is CNC(C)c1ccc(OCc2cncn2C(C)C)c(F)c1. The number of rotatable bonds is 6. The number of halogens is 1. The van der Waals surface area contributed by atoms with Crippen LogP contribution in [0.4, 0.5) is 4.39 Å². The Kier molecular flexibility index (Phi) is 4.96. The van der Waals surface area contributed by atoms with Gasteiger partial charge in [-0.05, 0) is 45.5 Å². The molecule has 2 rings (SSSR count). The summed E-state index contributed by atoms with van der Waals surface area (Å²) >= 11 is 0. The van der Waals surface area contributed by atoms with Crippen molar-refractivity contribution in [3.05, 3.63) is 47.8 Å². The molecule has 0 radical (unpaired) electrons. The molecule has 0 saturated carbocycles. The first-order chi connectivity index (χ1) is 10.0. The summed E-state index contributed by atoms with van der Waals surface area (Å²) in [6.45, 7) is 6.42. The minimum absolute atomic E-state index is 0.107. The predicted molar refractivity (Wildman–Crippen MR) is 80.8 cm³/mol. The highest BCUT2D eigenvalue weighted by molar-refractivity contribution is 5.31. The lowest BCUT2D eigenvalue weighted by molar-refractivity contribution is 0.277. The fourth-order valence-electron chi connectivity index (χ4n) is 2.13. The van der Waals surface area contributed by atoms with Crippen molar-refractivity contribution < 1.29 is 9.13 Å². The van der Waals surface area contributed by atoms with E-state index in [2.05, 4.69) is 24.1 Å². The maximum atomic E-state index is 14.1. The molecule has 0 fully saturated rings. The highest BCUT2D eigenvalue weighted by Gasteiger charge is 2.11. The van der Waals surface area contributed by atoms with Crippen LogP contribution in [-0.4, -0.2) is 16.6 Å². The van der Waals surface area contributed by atoms with Crippen molar-refractivity contribution in [2.75, 3.05) is 7.05 Å². The smallest absolute Gasteiger partial charge is 0.165 e. The number of imidazole rings is 1. The quantitative estimate of drug-likeness (QED) is 0.886. The maximum absolute atomic E-state index is 14.1. The highest BCUT2D eigenvalue weighted by atomic mass is 19.1. The van der Waals surface area contributed by atoms with E-state index in [0.717, 1.165) is 11.3 Å². The summed E-state index contributed by atoms with van der Waals surface area (Å²) in [5.74, 6) is -0.0798. The third-order valence-corrected chi connectivity index (χ3v) is 3.57. The maximum Gasteiger partial charge on any atom is 0.165 e. The fraction of sp³-hybridized carbons (Fsp3) is 0.438. The van der Waals surface area contributed by atoms with Gasteiger partial charge in [0, 0.05) is 12.1 Å². The van der Waals surface area contributed by atoms with Crippen molar-refractivity contribution in [3.63, 3.8) is 0 Å². The fourth-order valence-corrected chi connectivity index (χ4v) is 2.13. The van der Waals surface area contributed by atoms with Crippen molar-refractivity contribution in [1.82, 2.24) is 14.9 Å². The van der Waals surface area contributed by atoms with E-state index in [9.17, 15) is 4.39 Å². The zero-order chi connectivity index (χ0) is 15.4. The van der Waals surface area contributed by atoms with Gasteiger partial charge in [-0.2, -0.15) is 0 Å². The molecule has 2 aromatic rings. The first-order valence-corrected chi connectivity index (χ1v) is 7.13. The molecular formula is C16H22FN3O. The lowest BCUT2D eigenvalue weighted by Gasteiger charge is -2.14. The molecule has 114 valence electrons. The second-order valence-corrected chi connectivity index (χ2v) is 5.37. The topological polar surface area (TPSA) is 39.1 Å². The molecule has 1 N–H and O–H groups in total. The van der Waals surface area contributed by atoms with Crippen LogP contribution >= 0.6 is 0 Å². The Bertz CT molecular complexity index is 595. The normalized spacial score (nSPS) is 12.7. The molecule has 0 bridgehead atoms. The van der Waals surface area contributed by atoms with Crippen LogP contribution in [0.1, 0.15) is 44.1 Å². The van der Waals surface area contributed by atoms with Crippen LogP contribution in [0, 0.1) is 5.82 Å². The molecule has 0 aliphatic heterocycles. The second kappa shape index (κ2) is 6.72. The molecule has 0 saturated heterocycles. The van der Waals surface area contributed by atoms with Crippen molar-refractivity contribution in [1.29, 1.82) is 0 Å². The van der Waals surface area contributed by atoms with Gasteiger partial charge in [0.2, 0.25) is 0 Å². The molecule has 0 amide bonds. The Hall–Kier alpha value is -1.88. The Morgan fingerprint density at radius 3 is 2.71 bits per heavy atom. The van der Waals surface area contributed by atoms with Crippen molar-refractivity contribution in [2.24, 2.45) is 0 Å². The van der Waals surface area contributed by atoms with Gasteiger partial charge in [-0.1, -0.05) is 6.07 Å². The summed E-state index contributed by atoms with van der Waals surface area (Å²) in [7, 11) is 1.85. The molecule has 4 nitrogen and oxygen atoms in total. The van der Waals surface area contributed by atoms with Gasteiger partial charge in [-0.25, -0.2) is 9.37 Å². The summed E-state index contributed by atoms with van der Waals surface area (Å²) in [6.07, 6.45) is 3.51. The minimum atomic E-state index is -0.342. The number of aromatic nitrogens is 2. The molecule has 0 spiro atoms. The Morgan fingerprint density at radius 1 is 1.33 bits per heavy atom. The first kappa shape index (κ1) is 15.5. The predicted octanol–water partition coefficient (Wildman–Crippen LogP) is 3.46. The van der Waals surface area contributed by atoms with Crippen LogP contribution in [0.2, 0.25) is 0 Å². The van der Waals surface area contributed by atoms with Crippen molar-refractivity contribution in [2.45, 2.75) is 39.5 Å². The zero-order valence-electron chi connectivity index (χ0n) is 12.9. The average molecular weight is 291 g/mol. The van der Waals surface area contributed by atoms with E-state index in [0.29, 0.717) is 12.6 Å². The third-order valence-electron chi connectivity index (χ3n) is 3.57. The monoisotopic (exact) mass is 291 g/mol. The van der Waals surface area contributed by atoms with Gasteiger partial charge in [0.25, 0.3) is 0 Å². The third kappa shape index (κ3) is 3.61. The van der Waals surface area contributed by atoms with Crippen LogP contribution < -0.4 is 10.1 Å². The average Bonchev–Trinajstić information content (AvgIpc) is 2.93. The van der Waals surface area contributed by atoms with Crippen LogP contribution in [0.15, 0.2) is 30.7 Å². The van der Waals surface area contributed by atoms with E-state index in [-0.39, 0.29) is 17.6 Å². The van der Waals surface area contributed by atoms with Gasteiger partial charge in [0.05, 0.1) is 18.2 Å². The minimum Gasteiger partial charge on any atom is -0.484 e. The number of ether oxygens (including phenoxy) is 1. The lowest BCUT2D eigenvalue weighted by atomic mass is 10.1. The summed E-state index contributed by atoms with van der Waals surface area (Å²) in [6, 6.07) is 5.47. The lowest BCUT2D eigenvalue weighted by Crippen LogP contribution is -2.12. The Morgan fingerprint density at radius 2 is 2.10 bits per heavy atom. The molecule has 0 aliphatic carbocycles. The Balaban J connectivity index is 2.08. The molecule has 0 aliphatic rings. The number of benzene rings is 1. The molecule has 1 atom stereocenters. The van der Waals surface area contributed by atoms with E-state index in [1.807, 2.05) is 24.6 Å². The standard InChI is InChI=1S/C16H22FN3O/c1-11(2)20-10-19-8-14(20)9-21-16-6-5-13(7-15(16)17)12(3)18-4/h5-8,10-12,18H,9H2,1-4H3. The van der Waals surface area contributed by atoms with Crippen LogP contribution in [0.5, 0.6) is 5.75 Å². The van der Waals surface area contributed by atoms with Gasteiger partial charge in [-0.15, -0.1) is 0 Å². The van der Waals surface area contributed by atoms with E-state index in [1.165, 1.54) is 6.07 Å². The second-order valence-electron chi connectivity index (χ2n) is 5.37.